The van der Waals surface area contributed by atoms with Crippen LogP contribution >= 0.6 is 0 Å². The third kappa shape index (κ3) is 3.70. The van der Waals surface area contributed by atoms with Crippen LogP contribution in [0.15, 0.2) is 12.1 Å². The summed E-state index contributed by atoms with van der Waals surface area (Å²) in [5, 5.41) is 6.54. The Morgan fingerprint density at radius 3 is 2.61 bits per heavy atom. The molecule has 3 amide bonds. The molecule has 0 spiro atoms. The van der Waals surface area contributed by atoms with Gasteiger partial charge in [0, 0.05) is 38.7 Å². The molecular formula is C19H18F5N5O2. The van der Waals surface area contributed by atoms with Gasteiger partial charge in [0.2, 0.25) is 0 Å². The highest BCUT2D eigenvalue weighted by atomic mass is 19.4. The average molecular weight is 443 g/mol. The standard InChI is InChI=1S/C19H18F5N5O2/c1-27-6-2-7-29-16(17(27)30)10-9-28(8-5-12(10)26-29)18(31)25-13-4-3-11(20)14(15(13)21)19(22,23)24/h3-4H,2,5-9H2,1H3,(H,25,31). The van der Waals surface area contributed by atoms with E-state index >= 15 is 0 Å². The summed E-state index contributed by atoms with van der Waals surface area (Å²) in [4.78, 5) is 28.1. The Balaban J connectivity index is 1.58. The first-order valence-corrected chi connectivity index (χ1v) is 9.53. The SMILES string of the molecule is CN1CCCn2nc3c(c2C1=O)CN(C(=O)Nc1ccc(F)c(C(F)(F)F)c1F)CC3. The third-order valence-electron chi connectivity index (χ3n) is 5.42. The number of rotatable bonds is 1. The van der Waals surface area contributed by atoms with Crippen LogP contribution in [0.3, 0.4) is 0 Å². The van der Waals surface area contributed by atoms with E-state index in [1.165, 1.54) is 4.90 Å². The van der Waals surface area contributed by atoms with Crippen LogP contribution in [0.5, 0.6) is 0 Å². The molecule has 2 aliphatic heterocycles. The van der Waals surface area contributed by atoms with Crippen molar-refractivity contribution in [1.29, 1.82) is 0 Å². The van der Waals surface area contributed by atoms with Gasteiger partial charge in [-0.15, -0.1) is 0 Å². The largest absolute Gasteiger partial charge is 0.422 e. The number of carbonyl (C=O) groups excluding carboxylic acids is 2. The fraction of sp³-hybridized carbons (Fsp3) is 0.421. The van der Waals surface area contributed by atoms with E-state index in [1.807, 2.05) is 0 Å². The number of alkyl halides is 3. The maximum Gasteiger partial charge on any atom is 0.422 e. The molecule has 166 valence electrons. The van der Waals surface area contributed by atoms with Crippen LogP contribution in [0.25, 0.3) is 0 Å². The summed E-state index contributed by atoms with van der Waals surface area (Å²) in [6.45, 7) is 1.28. The summed E-state index contributed by atoms with van der Waals surface area (Å²) in [5.41, 5.74) is -1.23. The molecule has 1 N–H and O–H groups in total. The second-order valence-electron chi connectivity index (χ2n) is 7.46. The lowest BCUT2D eigenvalue weighted by Gasteiger charge is -2.27. The van der Waals surface area contributed by atoms with Crippen molar-refractivity contribution < 1.29 is 31.5 Å². The number of nitrogens with zero attached hydrogens (tertiary/aromatic N) is 4. The van der Waals surface area contributed by atoms with E-state index in [4.69, 9.17) is 0 Å². The fourth-order valence-electron chi connectivity index (χ4n) is 3.84. The predicted octanol–water partition coefficient (Wildman–Crippen LogP) is 3.25. The van der Waals surface area contributed by atoms with Crippen LogP contribution in [-0.4, -0.2) is 51.7 Å². The van der Waals surface area contributed by atoms with Gasteiger partial charge in [-0.25, -0.2) is 13.6 Å². The third-order valence-corrected chi connectivity index (χ3v) is 5.42. The molecule has 0 bridgehead atoms. The Bertz CT molecular complexity index is 1060. The zero-order valence-electron chi connectivity index (χ0n) is 16.4. The molecule has 12 heteroatoms. The molecule has 0 saturated heterocycles. The lowest BCUT2D eigenvalue weighted by molar-refractivity contribution is -0.142. The summed E-state index contributed by atoms with van der Waals surface area (Å²) in [6, 6.07) is 0.318. The summed E-state index contributed by atoms with van der Waals surface area (Å²) in [5.74, 6) is -3.89. The molecule has 4 rings (SSSR count). The van der Waals surface area contributed by atoms with Crippen LogP contribution in [0, 0.1) is 11.6 Å². The molecule has 0 saturated carbocycles. The van der Waals surface area contributed by atoms with Gasteiger partial charge in [0.1, 0.15) is 17.1 Å². The number of hydrogen-bond donors (Lipinski definition) is 1. The van der Waals surface area contributed by atoms with E-state index in [0.29, 0.717) is 42.5 Å². The van der Waals surface area contributed by atoms with E-state index < -0.39 is 35.1 Å². The number of nitrogens with one attached hydrogen (secondary N) is 1. The van der Waals surface area contributed by atoms with Gasteiger partial charge in [-0.2, -0.15) is 18.3 Å². The van der Waals surface area contributed by atoms with Crippen molar-refractivity contribution in [3.8, 4) is 0 Å². The smallest absolute Gasteiger partial charge is 0.340 e. The highest BCUT2D eigenvalue weighted by Gasteiger charge is 2.39. The van der Waals surface area contributed by atoms with Gasteiger partial charge >= 0.3 is 12.2 Å². The quantitative estimate of drug-likeness (QED) is 0.688. The topological polar surface area (TPSA) is 70.5 Å². The first-order chi connectivity index (χ1) is 14.6. The van der Waals surface area contributed by atoms with Crippen LogP contribution in [-0.2, 0) is 25.7 Å². The number of anilines is 1. The number of urea groups is 1. The van der Waals surface area contributed by atoms with Gasteiger partial charge in [0.05, 0.1) is 17.9 Å². The maximum absolute atomic E-state index is 14.3. The Hall–Kier alpha value is -3.18. The van der Waals surface area contributed by atoms with Crippen molar-refractivity contribution in [2.45, 2.75) is 32.1 Å². The fourth-order valence-corrected chi connectivity index (χ4v) is 3.84. The molecule has 0 radical (unpaired) electrons. The Labute approximate surface area is 173 Å². The molecule has 3 heterocycles. The number of halogens is 5. The minimum atomic E-state index is -5.25. The van der Waals surface area contributed by atoms with E-state index in [2.05, 4.69) is 10.4 Å². The van der Waals surface area contributed by atoms with Gasteiger partial charge in [-0.1, -0.05) is 0 Å². The van der Waals surface area contributed by atoms with Gasteiger partial charge < -0.3 is 15.1 Å². The van der Waals surface area contributed by atoms with Crippen molar-refractivity contribution in [3.05, 3.63) is 46.3 Å². The summed E-state index contributed by atoms with van der Waals surface area (Å²) < 4.78 is 68.1. The molecule has 1 aromatic carbocycles. The zero-order chi connectivity index (χ0) is 22.5. The highest BCUT2D eigenvalue weighted by Crippen LogP contribution is 2.36. The van der Waals surface area contributed by atoms with Crippen molar-refractivity contribution in [2.24, 2.45) is 0 Å². The Morgan fingerprint density at radius 1 is 1.16 bits per heavy atom. The van der Waals surface area contributed by atoms with Gasteiger partial charge in [0.25, 0.3) is 5.91 Å². The Morgan fingerprint density at radius 2 is 1.90 bits per heavy atom. The molecule has 0 unspecified atom stereocenters. The van der Waals surface area contributed by atoms with Crippen LogP contribution in [0.1, 0.15) is 33.7 Å². The van der Waals surface area contributed by atoms with Gasteiger partial charge in [-0.3, -0.25) is 9.48 Å². The Kier molecular flexibility index (Phi) is 5.10. The molecule has 0 fully saturated rings. The first-order valence-electron chi connectivity index (χ1n) is 9.53. The minimum Gasteiger partial charge on any atom is -0.340 e. The lowest BCUT2D eigenvalue weighted by atomic mass is 10.0. The second-order valence-corrected chi connectivity index (χ2v) is 7.46. The normalized spacial score (nSPS) is 16.6. The molecule has 2 aliphatic rings. The molecule has 31 heavy (non-hydrogen) atoms. The van der Waals surface area contributed by atoms with Crippen LogP contribution < -0.4 is 5.32 Å². The van der Waals surface area contributed by atoms with E-state index in [-0.39, 0.29) is 19.0 Å². The summed E-state index contributed by atoms with van der Waals surface area (Å²) in [7, 11) is 1.67. The molecule has 7 nitrogen and oxygen atoms in total. The molecular weight excluding hydrogens is 425 g/mol. The average Bonchev–Trinajstić information content (AvgIpc) is 2.98. The van der Waals surface area contributed by atoms with Gasteiger partial charge in [-0.05, 0) is 18.6 Å². The van der Waals surface area contributed by atoms with Crippen LogP contribution in [0.2, 0.25) is 0 Å². The number of carbonyl (C=O) groups is 2. The van der Waals surface area contributed by atoms with Crippen molar-refractivity contribution in [3.63, 3.8) is 0 Å². The molecule has 1 aromatic heterocycles. The first kappa shape index (κ1) is 21.1. The van der Waals surface area contributed by atoms with Crippen molar-refractivity contribution in [1.82, 2.24) is 19.6 Å². The monoisotopic (exact) mass is 443 g/mol. The number of aromatic nitrogens is 2. The molecule has 0 aliphatic carbocycles. The maximum atomic E-state index is 14.3. The van der Waals surface area contributed by atoms with Crippen LogP contribution in [0.4, 0.5) is 32.4 Å². The number of benzene rings is 1. The van der Waals surface area contributed by atoms with Gasteiger partial charge in [0.15, 0.2) is 5.82 Å². The zero-order valence-corrected chi connectivity index (χ0v) is 16.4. The van der Waals surface area contributed by atoms with E-state index in [0.717, 1.165) is 12.5 Å². The number of hydrogen-bond acceptors (Lipinski definition) is 3. The number of amides is 3. The minimum absolute atomic E-state index is 0.00891. The summed E-state index contributed by atoms with van der Waals surface area (Å²) in [6.07, 6.45) is -4.19. The van der Waals surface area contributed by atoms with E-state index in [9.17, 15) is 31.5 Å². The number of aryl methyl sites for hydroxylation is 1. The summed E-state index contributed by atoms with van der Waals surface area (Å²) >= 11 is 0. The highest BCUT2D eigenvalue weighted by molar-refractivity contribution is 5.95. The molecule has 0 atom stereocenters. The van der Waals surface area contributed by atoms with Crippen molar-refractivity contribution >= 4 is 17.6 Å². The van der Waals surface area contributed by atoms with Crippen molar-refractivity contribution in [2.75, 3.05) is 25.5 Å². The number of fused-ring (bicyclic) bond motifs is 3. The second kappa shape index (κ2) is 7.50. The predicted molar refractivity (Wildman–Crippen MR) is 98.3 cm³/mol. The van der Waals surface area contributed by atoms with E-state index in [1.54, 1.807) is 16.6 Å². The lowest BCUT2D eigenvalue weighted by Crippen LogP contribution is -2.40. The molecule has 2 aromatic rings.